The van der Waals surface area contributed by atoms with E-state index >= 15 is 0 Å². The van der Waals surface area contributed by atoms with Gasteiger partial charge in [0.15, 0.2) is 0 Å². The van der Waals surface area contributed by atoms with Crippen LogP contribution in [0.25, 0.3) is 0 Å². The van der Waals surface area contributed by atoms with Crippen LogP contribution in [0, 0.1) is 5.92 Å². The number of nitrogens with two attached hydrogens (primary N) is 1. The Kier molecular flexibility index (Phi) is 12.0. The highest BCUT2D eigenvalue weighted by Crippen LogP contribution is 2.26. The Morgan fingerprint density at radius 2 is 1.77 bits per heavy atom. The topological polar surface area (TPSA) is 160 Å². The van der Waals surface area contributed by atoms with Crippen LogP contribution in [-0.4, -0.2) is 75.1 Å². The maximum absolute atomic E-state index is 14.0. The summed E-state index contributed by atoms with van der Waals surface area (Å²) < 4.78 is 33.2. The van der Waals surface area contributed by atoms with Gasteiger partial charge < -0.3 is 26.0 Å². The van der Waals surface area contributed by atoms with Gasteiger partial charge in [-0.1, -0.05) is 35.3 Å². The number of carbonyl (C=O) groups is 3. The summed E-state index contributed by atoms with van der Waals surface area (Å²) in [5.74, 6) is -1.24. The van der Waals surface area contributed by atoms with Gasteiger partial charge in [-0.2, -0.15) is 0 Å². The number of hydrogen-bond acceptors (Lipinski definition) is 7. The molecule has 2 aromatic rings. The SMILES string of the molecule is CS(=O)(=O)N[C@H](CCC1CCNCC1)C(=O)N1C[C@H](OCc2ccc(Cl)cc2)C[C@@H]1C(=O)NCc1cc(Cl)ccc1C(N)=O. The second-order valence-electron chi connectivity index (χ2n) is 11.4. The van der Waals surface area contributed by atoms with Gasteiger partial charge in [0.1, 0.15) is 12.1 Å². The normalized spacial score (nSPS) is 19.9. The molecule has 2 aromatic carbocycles. The summed E-state index contributed by atoms with van der Waals surface area (Å²) in [6.07, 6.45) is 3.61. The molecule has 11 nitrogen and oxygen atoms in total. The molecule has 0 bridgehead atoms. The quantitative estimate of drug-likeness (QED) is 0.255. The molecule has 3 atom stereocenters. The van der Waals surface area contributed by atoms with Crippen molar-refractivity contribution in [2.45, 2.75) is 63.4 Å². The van der Waals surface area contributed by atoms with Crippen LogP contribution in [-0.2, 0) is 37.5 Å². The molecule has 2 fully saturated rings. The van der Waals surface area contributed by atoms with Crippen LogP contribution in [0.2, 0.25) is 10.0 Å². The first kappa shape index (κ1) is 34.1. The molecular formula is C30H39Cl2N5O6S. The zero-order valence-electron chi connectivity index (χ0n) is 24.6. The molecule has 3 amide bonds. The minimum atomic E-state index is -3.72. The van der Waals surface area contributed by atoms with Crippen molar-refractivity contribution in [2.24, 2.45) is 11.7 Å². The molecule has 0 aromatic heterocycles. The number of primary amides is 1. The van der Waals surface area contributed by atoms with Gasteiger partial charge in [-0.3, -0.25) is 14.4 Å². The Morgan fingerprint density at radius 3 is 2.43 bits per heavy atom. The highest BCUT2D eigenvalue weighted by Gasteiger charge is 2.42. The average molecular weight is 669 g/mol. The summed E-state index contributed by atoms with van der Waals surface area (Å²) in [5, 5.41) is 7.08. The molecule has 44 heavy (non-hydrogen) atoms. The molecular weight excluding hydrogens is 629 g/mol. The third-order valence-corrected chi connectivity index (χ3v) is 9.21. The molecule has 2 saturated heterocycles. The average Bonchev–Trinajstić information content (AvgIpc) is 3.41. The Balaban J connectivity index is 1.52. The van der Waals surface area contributed by atoms with E-state index in [-0.39, 0.29) is 31.7 Å². The summed E-state index contributed by atoms with van der Waals surface area (Å²) in [6.45, 7) is 2.06. The number of likely N-dealkylation sites (tertiary alicyclic amines) is 1. The number of piperidine rings is 1. The van der Waals surface area contributed by atoms with Gasteiger partial charge in [0.05, 0.1) is 19.0 Å². The van der Waals surface area contributed by atoms with Crippen molar-refractivity contribution in [1.29, 1.82) is 0 Å². The van der Waals surface area contributed by atoms with Crippen molar-refractivity contribution < 1.29 is 27.5 Å². The van der Waals surface area contributed by atoms with Crippen LogP contribution >= 0.6 is 23.2 Å². The highest BCUT2D eigenvalue weighted by molar-refractivity contribution is 7.88. The van der Waals surface area contributed by atoms with Crippen molar-refractivity contribution in [1.82, 2.24) is 20.3 Å². The molecule has 0 saturated carbocycles. The number of sulfonamides is 1. The predicted molar refractivity (Wildman–Crippen MR) is 169 cm³/mol. The minimum Gasteiger partial charge on any atom is -0.372 e. The lowest BCUT2D eigenvalue weighted by Crippen LogP contribution is -2.53. The summed E-state index contributed by atoms with van der Waals surface area (Å²) >= 11 is 12.1. The summed E-state index contributed by atoms with van der Waals surface area (Å²) in [6, 6.07) is 9.77. The van der Waals surface area contributed by atoms with E-state index in [0.29, 0.717) is 34.4 Å². The maximum Gasteiger partial charge on any atom is 0.249 e. The molecule has 2 aliphatic rings. The third kappa shape index (κ3) is 9.88. The van der Waals surface area contributed by atoms with Gasteiger partial charge in [0, 0.05) is 35.1 Å². The van der Waals surface area contributed by atoms with E-state index in [9.17, 15) is 22.8 Å². The van der Waals surface area contributed by atoms with Gasteiger partial charge in [-0.25, -0.2) is 13.1 Å². The second-order valence-corrected chi connectivity index (χ2v) is 14.1. The fourth-order valence-electron chi connectivity index (χ4n) is 5.72. The Labute approximate surface area is 268 Å². The molecule has 5 N–H and O–H groups in total. The van der Waals surface area contributed by atoms with E-state index in [4.69, 9.17) is 33.7 Å². The van der Waals surface area contributed by atoms with Crippen molar-refractivity contribution in [2.75, 3.05) is 25.9 Å². The van der Waals surface area contributed by atoms with Crippen LogP contribution in [0.15, 0.2) is 42.5 Å². The van der Waals surface area contributed by atoms with E-state index in [1.165, 1.54) is 17.0 Å². The van der Waals surface area contributed by atoms with Gasteiger partial charge in [0.2, 0.25) is 27.7 Å². The second kappa shape index (κ2) is 15.5. The lowest BCUT2D eigenvalue weighted by Gasteiger charge is -2.30. The smallest absolute Gasteiger partial charge is 0.249 e. The summed E-state index contributed by atoms with van der Waals surface area (Å²) in [5.41, 5.74) is 7.02. The first-order valence-corrected chi connectivity index (χ1v) is 17.2. The van der Waals surface area contributed by atoms with Crippen LogP contribution in [0.4, 0.5) is 0 Å². The zero-order chi connectivity index (χ0) is 31.9. The molecule has 0 spiro atoms. The number of carbonyl (C=O) groups excluding carboxylic acids is 3. The van der Waals surface area contributed by atoms with Crippen LogP contribution in [0.3, 0.4) is 0 Å². The predicted octanol–water partition coefficient (Wildman–Crippen LogP) is 2.59. The Morgan fingerprint density at radius 1 is 1.09 bits per heavy atom. The van der Waals surface area contributed by atoms with E-state index in [2.05, 4.69) is 15.4 Å². The van der Waals surface area contributed by atoms with Gasteiger partial charge in [-0.05, 0) is 86.1 Å². The maximum atomic E-state index is 14.0. The summed E-state index contributed by atoms with van der Waals surface area (Å²) in [4.78, 5) is 40.9. The molecule has 0 aliphatic carbocycles. The number of ether oxygens (including phenoxy) is 1. The van der Waals surface area contributed by atoms with Crippen molar-refractivity contribution in [3.8, 4) is 0 Å². The van der Waals surface area contributed by atoms with E-state index < -0.39 is 45.9 Å². The first-order chi connectivity index (χ1) is 20.9. The van der Waals surface area contributed by atoms with Gasteiger partial charge in [-0.15, -0.1) is 0 Å². The molecule has 240 valence electrons. The molecule has 0 unspecified atom stereocenters. The molecule has 14 heteroatoms. The number of benzene rings is 2. The fourth-order valence-corrected chi connectivity index (χ4v) is 6.77. The van der Waals surface area contributed by atoms with Gasteiger partial charge >= 0.3 is 0 Å². The first-order valence-electron chi connectivity index (χ1n) is 14.6. The molecule has 4 rings (SSSR count). The number of rotatable bonds is 13. The van der Waals surface area contributed by atoms with E-state index in [0.717, 1.165) is 37.8 Å². The highest BCUT2D eigenvalue weighted by atomic mass is 35.5. The Bertz CT molecular complexity index is 1440. The molecule has 2 heterocycles. The van der Waals surface area contributed by atoms with E-state index in [1.807, 2.05) is 12.1 Å². The number of nitrogens with zero attached hydrogens (tertiary/aromatic N) is 1. The largest absolute Gasteiger partial charge is 0.372 e. The zero-order valence-corrected chi connectivity index (χ0v) is 26.9. The lowest BCUT2D eigenvalue weighted by atomic mass is 9.91. The number of halogens is 2. The third-order valence-electron chi connectivity index (χ3n) is 8.01. The fraction of sp³-hybridized carbons (Fsp3) is 0.500. The monoisotopic (exact) mass is 667 g/mol. The summed E-state index contributed by atoms with van der Waals surface area (Å²) in [7, 11) is -3.72. The number of hydrogen-bond donors (Lipinski definition) is 4. The Hall–Kier alpha value is -2.74. The molecule has 2 aliphatic heterocycles. The lowest BCUT2D eigenvalue weighted by molar-refractivity contribution is -0.140. The van der Waals surface area contributed by atoms with Gasteiger partial charge in [0.25, 0.3) is 0 Å². The number of amides is 3. The number of nitrogens with one attached hydrogen (secondary N) is 3. The standard InChI is InChI=1S/C30H39Cl2N5O6S/c1-44(41,42)36-26(9-4-19-10-12-34-13-11-19)30(40)37-17-24(43-18-20-2-5-22(31)6-3-20)15-27(37)29(39)35-16-21-14-23(32)7-8-25(21)28(33)38/h2-3,5-8,14,19,24,26-27,34,36H,4,9-13,15-18H2,1H3,(H2,33,38)(H,35,39)/t24-,26-,27-/m1/s1. The van der Waals surface area contributed by atoms with Crippen molar-refractivity contribution in [3.63, 3.8) is 0 Å². The molecule has 0 radical (unpaired) electrons. The van der Waals surface area contributed by atoms with Crippen LogP contribution in [0.5, 0.6) is 0 Å². The van der Waals surface area contributed by atoms with Crippen molar-refractivity contribution in [3.05, 3.63) is 69.2 Å². The van der Waals surface area contributed by atoms with Crippen molar-refractivity contribution >= 4 is 50.9 Å². The van der Waals surface area contributed by atoms with E-state index in [1.54, 1.807) is 18.2 Å². The van der Waals surface area contributed by atoms with Crippen LogP contribution in [0.1, 0.15) is 53.6 Å². The minimum absolute atomic E-state index is 0.0484. The van der Waals surface area contributed by atoms with Crippen LogP contribution < -0.4 is 21.1 Å².